The normalized spacial score (nSPS) is 18.1. The third kappa shape index (κ3) is 3.95. The molecule has 3 aromatic rings. The Morgan fingerprint density at radius 3 is 2.79 bits per heavy atom. The third-order valence-electron chi connectivity index (χ3n) is 4.84. The summed E-state index contributed by atoms with van der Waals surface area (Å²) in [5.41, 5.74) is 0.450. The molecule has 7 nitrogen and oxygen atoms in total. The van der Waals surface area contributed by atoms with Crippen LogP contribution in [0.15, 0.2) is 41.8 Å². The lowest BCUT2D eigenvalue weighted by Gasteiger charge is -2.25. The molecular formula is C19H19FN4O3S2. The first-order valence-electron chi connectivity index (χ1n) is 9.16. The quantitative estimate of drug-likeness (QED) is 0.616. The standard InChI is InChI=1S/C19H19FN4O3S2/c1-2-23(15-8-10-29(26,27)12-15)19(25)17-21-18(16-7-4-9-28-16)24(22-17)14-6-3-5-13(20)11-14/h3-7,9,11,15H,2,8,10,12H2,1H3/t15-/m0/s1. The lowest BCUT2D eigenvalue weighted by atomic mass is 10.2. The van der Waals surface area contributed by atoms with Crippen LogP contribution in [-0.4, -0.2) is 58.1 Å². The van der Waals surface area contributed by atoms with E-state index < -0.39 is 21.6 Å². The zero-order chi connectivity index (χ0) is 20.6. The van der Waals surface area contributed by atoms with Gasteiger partial charge in [0, 0.05) is 12.6 Å². The van der Waals surface area contributed by atoms with E-state index in [0.717, 1.165) is 4.88 Å². The highest BCUT2D eigenvalue weighted by molar-refractivity contribution is 7.91. The Morgan fingerprint density at radius 2 is 2.17 bits per heavy atom. The summed E-state index contributed by atoms with van der Waals surface area (Å²) in [6, 6.07) is 9.22. The van der Waals surface area contributed by atoms with Crippen molar-refractivity contribution in [2.24, 2.45) is 0 Å². The average molecular weight is 435 g/mol. The summed E-state index contributed by atoms with van der Waals surface area (Å²) in [6.07, 6.45) is 0.407. The van der Waals surface area contributed by atoms with Crippen LogP contribution < -0.4 is 0 Å². The van der Waals surface area contributed by atoms with E-state index in [4.69, 9.17) is 0 Å². The highest BCUT2D eigenvalue weighted by Gasteiger charge is 2.35. The molecule has 0 radical (unpaired) electrons. The largest absolute Gasteiger partial charge is 0.332 e. The van der Waals surface area contributed by atoms with Gasteiger partial charge < -0.3 is 4.90 Å². The van der Waals surface area contributed by atoms with Crippen LogP contribution in [-0.2, 0) is 9.84 Å². The molecule has 1 fully saturated rings. The number of amides is 1. The van der Waals surface area contributed by atoms with E-state index in [1.54, 1.807) is 19.1 Å². The molecule has 0 bridgehead atoms. The molecule has 1 aliphatic heterocycles. The van der Waals surface area contributed by atoms with E-state index in [0.29, 0.717) is 24.5 Å². The van der Waals surface area contributed by atoms with Crippen LogP contribution in [0.4, 0.5) is 4.39 Å². The SMILES string of the molecule is CCN(C(=O)c1nc(-c2cccs2)n(-c2cccc(F)c2)n1)[C@H]1CCS(=O)(=O)C1. The van der Waals surface area contributed by atoms with Gasteiger partial charge in [-0.05, 0) is 43.0 Å². The van der Waals surface area contributed by atoms with Crippen LogP contribution in [0.1, 0.15) is 24.0 Å². The number of thiophene rings is 1. The van der Waals surface area contributed by atoms with E-state index in [9.17, 15) is 17.6 Å². The highest BCUT2D eigenvalue weighted by atomic mass is 32.2. The molecule has 0 N–H and O–H groups in total. The fourth-order valence-corrected chi connectivity index (χ4v) is 5.90. The second-order valence-corrected chi connectivity index (χ2v) is 9.95. The number of hydrogen-bond donors (Lipinski definition) is 0. The van der Waals surface area contributed by atoms with Crippen molar-refractivity contribution >= 4 is 27.1 Å². The number of benzene rings is 1. The number of halogens is 1. The van der Waals surface area contributed by atoms with Crippen molar-refractivity contribution in [3.8, 4) is 16.4 Å². The Bertz CT molecular complexity index is 1140. The molecule has 1 aromatic carbocycles. The van der Waals surface area contributed by atoms with Gasteiger partial charge in [-0.3, -0.25) is 4.79 Å². The van der Waals surface area contributed by atoms with Gasteiger partial charge in [0.15, 0.2) is 15.7 Å². The van der Waals surface area contributed by atoms with Gasteiger partial charge in [0.25, 0.3) is 5.91 Å². The molecular weight excluding hydrogens is 415 g/mol. The molecule has 0 aliphatic carbocycles. The average Bonchev–Trinajstić information content (AvgIpc) is 3.41. The summed E-state index contributed by atoms with van der Waals surface area (Å²) in [5.74, 6) is -0.424. The lowest BCUT2D eigenvalue weighted by molar-refractivity contribution is 0.0696. The van der Waals surface area contributed by atoms with Crippen molar-refractivity contribution in [3.05, 3.63) is 53.4 Å². The van der Waals surface area contributed by atoms with Crippen LogP contribution in [0.3, 0.4) is 0 Å². The molecule has 1 saturated heterocycles. The van der Waals surface area contributed by atoms with Gasteiger partial charge in [-0.1, -0.05) is 12.1 Å². The molecule has 29 heavy (non-hydrogen) atoms. The fourth-order valence-electron chi connectivity index (χ4n) is 3.47. The number of sulfone groups is 1. The first-order chi connectivity index (χ1) is 13.9. The Balaban J connectivity index is 1.74. The smallest absolute Gasteiger partial charge is 0.293 e. The molecule has 4 rings (SSSR count). The van der Waals surface area contributed by atoms with Crippen molar-refractivity contribution in [3.63, 3.8) is 0 Å². The van der Waals surface area contributed by atoms with E-state index in [2.05, 4.69) is 10.1 Å². The van der Waals surface area contributed by atoms with Crippen LogP contribution >= 0.6 is 11.3 Å². The predicted molar refractivity (Wildman–Crippen MR) is 108 cm³/mol. The van der Waals surface area contributed by atoms with E-state index in [1.807, 2.05) is 17.5 Å². The van der Waals surface area contributed by atoms with Gasteiger partial charge in [-0.2, -0.15) is 0 Å². The minimum atomic E-state index is -3.13. The van der Waals surface area contributed by atoms with E-state index >= 15 is 0 Å². The second-order valence-electron chi connectivity index (χ2n) is 6.78. The molecule has 1 atom stereocenters. The molecule has 10 heteroatoms. The van der Waals surface area contributed by atoms with Gasteiger partial charge in [0.05, 0.1) is 22.1 Å². The molecule has 1 aliphatic rings. The minimum absolute atomic E-state index is 0.0381. The molecule has 3 heterocycles. The van der Waals surface area contributed by atoms with Crippen molar-refractivity contribution in [2.75, 3.05) is 18.1 Å². The Labute approximate surface area is 171 Å². The molecule has 152 valence electrons. The molecule has 0 spiro atoms. The predicted octanol–water partition coefficient (Wildman–Crippen LogP) is 2.78. The Morgan fingerprint density at radius 1 is 1.34 bits per heavy atom. The third-order valence-corrected chi connectivity index (χ3v) is 7.46. The fraction of sp³-hybridized carbons (Fsp3) is 0.316. The minimum Gasteiger partial charge on any atom is -0.332 e. The van der Waals surface area contributed by atoms with Gasteiger partial charge >= 0.3 is 0 Å². The molecule has 0 saturated carbocycles. The zero-order valence-electron chi connectivity index (χ0n) is 15.7. The topological polar surface area (TPSA) is 85.2 Å². The summed E-state index contributed by atoms with van der Waals surface area (Å²) in [5, 5.41) is 6.24. The van der Waals surface area contributed by atoms with Crippen LogP contribution in [0.5, 0.6) is 0 Å². The number of carbonyl (C=O) groups is 1. The maximum atomic E-state index is 13.8. The van der Waals surface area contributed by atoms with Gasteiger partial charge in [-0.25, -0.2) is 22.5 Å². The Hall–Kier alpha value is -2.59. The summed E-state index contributed by atoms with van der Waals surface area (Å²) in [7, 11) is -3.13. The first-order valence-corrected chi connectivity index (χ1v) is 11.9. The summed E-state index contributed by atoms with van der Waals surface area (Å²) in [4.78, 5) is 19.9. The van der Waals surface area contributed by atoms with Crippen LogP contribution in [0.25, 0.3) is 16.4 Å². The number of hydrogen-bond acceptors (Lipinski definition) is 6. The summed E-state index contributed by atoms with van der Waals surface area (Å²) < 4.78 is 38.9. The van der Waals surface area contributed by atoms with Crippen molar-refractivity contribution < 1.29 is 17.6 Å². The maximum Gasteiger partial charge on any atom is 0.293 e. The van der Waals surface area contributed by atoms with E-state index in [-0.39, 0.29) is 23.4 Å². The van der Waals surface area contributed by atoms with Crippen LogP contribution in [0.2, 0.25) is 0 Å². The summed E-state index contributed by atoms with van der Waals surface area (Å²) >= 11 is 1.43. The first kappa shape index (κ1) is 19.7. The zero-order valence-corrected chi connectivity index (χ0v) is 17.3. The number of nitrogens with zero attached hydrogens (tertiary/aromatic N) is 4. The summed E-state index contributed by atoms with van der Waals surface area (Å²) in [6.45, 7) is 2.15. The van der Waals surface area contributed by atoms with Gasteiger partial charge in [0.1, 0.15) is 5.82 Å². The van der Waals surface area contributed by atoms with Gasteiger partial charge in [0.2, 0.25) is 5.82 Å². The van der Waals surface area contributed by atoms with Gasteiger partial charge in [-0.15, -0.1) is 16.4 Å². The Kier molecular flexibility index (Phi) is 5.22. The maximum absolute atomic E-state index is 13.8. The van der Waals surface area contributed by atoms with Crippen molar-refractivity contribution in [1.82, 2.24) is 19.7 Å². The monoisotopic (exact) mass is 434 g/mol. The molecule has 2 aromatic heterocycles. The number of carbonyl (C=O) groups excluding carboxylic acids is 1. The highest BCUT2D eigenvalue weighted by Crippen LogP contribution is 2.27. The van der Waals surface area contributed by atoms with E-state index in [1.165, 1.54) is 33.1 Å². The number of rotatable bonds is 5. The molecule has 1 amide bonds. The number of aromatic nitrogens is 3. The second kappa shape index (κ2) is 7.68. The van der Waals surface area contributed by atoms with Crippen LogP contribution in [0, 0.1) is 5.82 Å². The molecule has 0 unspecified atom stereocenters. The van der Waals surface area contributed by atoms with Crippen molar-refractivity contribution in [2.45, 2.75) is 19.4 Å². The lowest BCUT2D eigenvalue weighted by Crippen LogP contribution is -2.41. The van der Waals surface area contributed by atoms with Crippen molar-refractivity contribution in [1.29, 1.82) is 0 Å².